The van der Waals surface area contributed by atoms with E-state index in [1.54, 1.807) is 12.3 Å². The monoisotopic (exact) mass is 336 g/mol. The highest BCUT2D eigenvalue weighted by molar-refractivity contribution is 5.92. The lowest BCUT2D eigenvalue weighted by Crippen LogP contribution is -2.39. The Morgan fingerprint density at radius 1 is 1.20 bits per heavy atom. The Labute approximate surface area is 148 Å². The van der Waals surface area contributed by atoms with E-state index >= 15 is 0 Å². The molecular formula is C20H24N4O. The molecule has 5 nitrogen and oxygen atoms in total. The van der Waals surface area contributed by atoms with Gasteiger partial charge in [-0.25, -0.2) is 9.97 Å². The summed E-state index contributed by atoms with van der Waals surface area (Å²) in [5, 5.41) is 0. The molecule has 2 aliphatic heterocycles. The van der Waals surface area contributed by atoms with Gasteiger partial charge < -0.3 is 9.80 Å². The van der Waals surface area contributed by atoms with Gasteiger partial charge in [0.2, 0.25) is 5.95 Å². The maximum absolute atomic E-state index is 12.9. The molecule has 0 aliphatic carbocycles. The number of nitrogens with zero attached hydrogens (tertiary/aromatic N) is 4. The van der Waals surface area contributed by atoms with Crippen molar-refractivity contribution in [3.63, 3.8) is 0 Å². The summed E-state index contributed by atoms with van der Waals surface area (Å²) in [6.45, 7) is 6.02. The zero-order valence-electron chi connectivity index (χ0n) is 14.9. The van der Waals surface area contributed by atoms with E-state index < -0.39 is 0 Å². The molecule has 1 aromatic heterocycles. The molecule has 25 heavy (non-hydrogen) atoms. The first-order valence-corrected chi connectivity index (χ1v) is 9.13. The minimum atomic E-state index is 0.0235. The fraction of sp³-hybridized carbons (Fsp3) is 0.450. The summed E-state index contributed by atoms with van der Waals surface area (Å²) >= 11 is 0. The van der Waals surface area contributed by atoms with Crippen molar-refractivity contribution in [2.24, 2.45) is 5.92 Å². The molecule has 2 aliphatic rings. The van der Waals surface area contributed by atoms with Crippen molar-refractivity contribution in [3.05, 3.63) is 47.8 Å². The lowest BCUT2D eigenvalue weighted by Gasteiger charge is -2.31. The number of hydrogen-bond acceptors (Lipinski definition) is 4. The van der Waals surface area contributed by atoms with Crippen LogP contribution in [0.1, 0.15) is 42.7 Å². The fourth-order valence-electron chi connectivity index (χ4n) is 3.99. The van der Waals surface area contributed by atoms with Crippen LogP contribution in [-0.2, 0) is 6.42 Å². The van der Waals surface area contributed by atoms with Crippen LogP contribution in [0, 0.1) is 5.92 Å². The average molecular weight is 336 g/mol. The molecule has 0 spiro atoms. The van der Waals surface area contributed by atoms with Crippen LogP contribution in [-0.4, -0.2) is 39.9 Å². The average Bonchev–Trinajstić information content (AvgIpc) is 2.97. The summed E-state index contributed by atoms with van der Waals surface area (Å²) in [6, 6.07) is 10.4. The Morgan fingerprint density at radius 2 is 2.04 bits per heavy atom. The van der Waals surface area contributed by atoms with Crippen molar-refractivity contribution in [2.45, 2.75) is 39.2 Å². The van der Waals surface area contributed by atoms with Crippen LogP contribution >= 0.6 is 0 Å². The van der Waals surface area contributed by atoms with Crippen molar-refractivity contribution in [1.29, 1.82) is 0 Å². The molecule has 3 heterocycles. The largest absolute Gasteiger partial charge is 0.337 e. The fourth-order valence-corrected chi connectivity index (χ4v) is 3.99. The van der Waals surface area contributed by atoms with Gasteiger partial charge in [-0.05, 0) is 49.8 Å². The molecule has 0 saturated carbocycles. The SMILES string of the molecule is CC1CCCN(C(=O)c2ccnc(N3c4ccccc4CC3C)n2)C1. The van der Waals surface area contributed by atoms with Gasteiger partial charge in [-0.2, -0.15) is 0 Å². The van der Waals surface area contributed by atoms with Gasteiger partial charge >= 0.3 is 0 Å². The highest BCUT2D eigenvalue weighted by Crippen LogP contribution is 2.36. The number of carbonyl (C=O) groups excluding carboxylic acids is 1. The summed E-state index contributed by atoms with van der Waals surface area (Å²) in [6.07, 6.45) is 4.94. The number of piperidine rings is 1. The van der Waals surface area contributed by atoms with Crippen LogP contribution in [0.25, 0.3) is 0 Å². The molecule has 2 unspecified atom stereocenters. The Balaban J connectivity index is 1.63. The maximum Gasteiger partial charge on any atom is 0.272 e. The minimum Gasteiger partial charge on any atom is -0.337 e. The quantitative estimate of drug-likeness (QED) is 0.843. The van der Waals surface area contributed by atoms with E-state index in [1.807, 2.05) is 11.0 Å². The molecule has 130 valence electrons. The molecule has 5 heteroatoms. The zero-order chi connectivity index (χ0) is 17.4. The van der Waals surface area contributed by atoms with Crippen molar-refractivity contribution in [1.82, 2.24) is 14.9 Å². The van der Waals surface area contributed by atoms with Crippen molar-refractivity contribution >= 4 is 17.5 Å². The van der Waals surface area contributed by atoms with E-state index in [4.69, 9.17) is 0 Å². The summed E-state index contributed by atoms with van der Waals surface area (Å²) in [5.74, 6) is 1.20. The summed E-state index contributed by atoms with van der Waals surface area (Å²) in [7, 11) is 0. The van der Waals surface area contributed by atoms with Crippen LogP contribution < -0.4 is 4.90 Å². The third-order valence-corrected chi connectivity index (χ3v) is 5.23. The topological polar surface area (TPSA) is 49.3 Å². The maximum atomic E-state index is 12.9. The van der Waals surface area contributed by atoms with Gasteiger partial charge in [0.05, 0.1) is 0 Å². The van der Waals surface area contributed by atoms with E-state index in [0.29, 0.717) is 17.6 Å². The summed E-state index contributed by atoms with van der Waals surface area (Å²) < 4.78 is 0. The van der Waals surface area contributed by atoms with Gasteiger partial charge in [0.15, 0.2) is 0 Å². The number of carbonyl (C=O) groups is 1. The van der Waals surface area contributed by atoms with Crippen LogP contribution in [0.2, 0.25) is 0 Å². The highest BCUT2D eigenvalue weighted by atomic mass is 16.2. The molecule has 1 saturated heterocycles. The van der Waals surface area contributed by atoms with Crippen molar-refractivity contribution < 1.29 is 4.79 Å². The van der Waals surface area contributed by atoms with Gasteiger partial charge in [-0.15, -0.1) is 0 Å². The molecule has 1 aromatic carbocycles. The molecule has 2 atom stereocenters. The van der Waals surface area contributed by atoms with Gasteiger partial charge in [0.1, 0.15) is 5.69 Å². The van der Waals surface area contributed by atoms with Gasteiger partial charge in [0, 0.05) is 31.0 Å². The second kappa shape index (κ2) is 6.47. The molecule has 1 fully saturated rings. The molecule has 0 radical (unpaired) electrons. The lowest BCUT2D eigenvalue weighted by molar-refractivity contribution is 0.0677. The second-order valence-corrected chi connectivity index (χ2v) is 7.29. The van der Waals surface area contributed by atoms with E-state index in [-0.39, 0.29) is 11.9 Å². The number of fused-ring (bicyclic) bond motifs is 1. The van der Waals surface area contributed by atoms with Crippen LogP contribution in [0.5, 0.6) is 0 Å². The normalized spacial score (nSPS) is 22.8. The Bertz CT molecular complexity index is 791. The van der Waals surface area contributed by atoms with Crippen LogP contribution in [0.4, 0.5) is 11.6 Å². The first-order chi connectivity index (χ1) is 12.1. The smallest absolute Gasteiger partial charge is 0.272 e. The van der Waals surface area contributed by atoms with Gasteiger partial charge in [-0.3, -0.25) is 4.79 Å². The van der Waals surface area contributed by atoms with Gasteiger partial charge in [-0.1, -0.05) is 25.1 Å². The van der Waals surface area contributed by atoms with E-state index in [2.05, 4.69) is 46.9 Å². The van der Waals surface area contributed by atoms with Crippen LogP contribution in [0.3, 0.4) is 0 Å². The Kier molecular flexibility index (Phi) is 4.15. The molecule has 2 aromatic rings. The van der Waals surface area contributed by atoms with Crippen LogP contribution in [0.15, 0.2) is 36.5 Å². The number of rotatable bonds is 2. The summed E-state index contributed by atoms with van der Waals surface area (Å²) in [5.41, 5.74) is 2.95. The van der Waals surface area contributed by atoms with Crippen molar-refractivity contribution in [2.75, 3.05) is 18.0 Å². The van der Waals surface area contributed by atoms with Gasteiger partial charge in [0.25, 0.3) is 5.91 Å². The standard InChI is InChI=1S/C20H24N4O/c1-14-6-5-11-23(13-14)19(25)17-9-10-21-20(22-17)24-15(2)12-16-7-3-4-8-18(16)24/h3-4,7-10,14-15H,5-6,11-13H2,1-2H3. The molecule has 0 N–H and O–H groups in total. The molecule has 4 rings (SSSR count). The third-order valence-electron chi connectivity index (χ3n) is 5.23. The first-order valence-electron chi connectivity index (χ1n) is 9.13. The minimum absolute atomic E-state index is 0.0235. The Hall–Kier alpha value is -2.43. The molecule has 0 bridgehead atoms. The van der Waals surface area contributed by atoms with E-state index in [9.17, 15) is 4.79 Å². The first kappa shape index (κ1) is 16.1. The molecule has 1 amide bonds. The number of amides is 1. The third kappa shape index (κ3) is 2.99. The van der Waals surface area contributed by atoms with E-state index in [1.165, 1.54) is 12.0 Å². The number of hydrogen-bond donors (Lipinski definition) is 0. The predicted molar refractivity (Wildman–Crippen MR) is 98.1 cm³/mol. The lowest BCUT2D eigenvalue weighted by atomic mass is 10.00. The molecular weight excluding hydrogens is 312 g/mol. The second-order valence-electron chi connectivity index (χ2n) is 7.29. The number of anilines is 2. The summed E-state index contributed by atoms with van der Waals surface area (Å²) in [4.78, 5) is 26.0. The number of para-hydroxylation sites is 1. The predicted octanol–water partition coefficient (Wildman–Crippen LogP) is 3.43. The van der Waals surface area contributed by atoms with Crippen molar-refractivity contribution in [3.8, 4) is 0 Å². The van der Waals surface area contributed by atoms with E-state index in [0.717, 1.165) is 31.6 Å². The number of aromatic nitrogens is 2. The number of benzene rings is 1. The number of likely N-dealkylation sites (tertiary alicyclic amines) is 1. The zero-order valence-corrected chi connectivity index (χ0v) is 14.9. The highest BCUT2D eigenvalue weighted by Gasteiger charge is 2.30. The Morgan fingerprint density at radius 3 is 2.88 bits per heavy atom.